The molecule has 5 rings (SSSR count). The number of anilines is 1. The van der Waals surface area contributed by atoms with Crippen molar-refractivity contribution in [1.29, 1.82) is 0 Å². The molecule has 4 aromatic rings. The molecule has 3 aromatic carbocycles. The quantitative estimate of drug-likeness (QED) is 0.198. The normalized spacial score (nSPS) is 14.0. The average Bonchev–Trinajstić information content (AvgIpc) is 3.49. The van der Waals surface area contributed by atoms with Gasteiger partial charge in [0.25, 0.3) is 5.56 Å². The number of aromatic nitrogens is 1. The lowest BCUT2D eigenvalue weighted by Crippen LogP contribution is -2.33. The third-order valence-corrected chi connectivity index (χ3v) is 7.46. The highest BCUT2D eigenvalue weighted by Crippen LogP contribution is 2.25. The van der Waals surface area contributed by atoms with E-state index in [0.29, 0.717) is 24.7 Å². The summed E-state index contributed by atoms with van der Waals surface area (Å²) in [5.74, 6) is -3.03. The predicted octanol–water partition coefficient (Wildman–Crippen LogP) is 5.29. The highest BCUT2D eigenvalue weighted by molar-refractivity contribution is 6.11. The zero-order valence-electron chi connectivity index (χ0n) is 22.9. The molecule has 1 atom stereocenters. The zero-order chi connectivity index (χ0) is 29.6. The van der Waals surface area contributed by atoms with Crippen molar-refractivity contribution in [2.75, 3.05) is 12.3 Å². The summed E-state index contributed by atoms with van der Waals surface area (Å²) in [4.78, 5) is 38.7. The molecule has 7 nitrogen and oxygen atoms in total. The van der Waals surface area contributed by atoms with Gasteiger partial charge >= 0.3 is 5.97 Å². The van der Waals surface area contributed by atoms with Gasteiger partial charge in [-0.15, -0.1) is 0 Å². The molecule has 9 heteroatoms. The maximum Gasteiger partial charge on any atom is 0.328 e. The molecule has 0 bridgehead atoms. The first kappa shape index (κ1) is 28.9. The molecule has 216 valence electrons. The van der Waals surface area contributed by atoms with Crippen LogP contribution in [0.4, 0.5) is 14.6 Å². The van der Waals surface area contributed by atoms with Crippen LogP contribution in [0.25, 0.3) is 5.69 Å². The van der Waals surface area contributed by atoms with Crippen LogP contribution in [0.5, 0.6) is 0 Å². The molecule has 0 amide bonds. The molecule has 1 fully saturated rings. The number of ketones is 1. The third kappa shape index (κ3) is 6.47. The van der Waals surface area contributed by atoms with Crippen LogP contribution < -0.4 is 16.6 Å². The Bertz CT molecular complexity index is 1630. The summed E-state index contributed by atoms with van der Waals surface area (Å²) in [6.07, 6.45) is 4.50. The number of hydrogen-bond acceptors (Lipinski definition) is 6. The van der Waals surface area contributed by atoms with Crippen molar-refractivity contribution in [1.82, 2.24) is 9.88 Å². The van der Waals surface area contributed by atoms with Crippen LogP contribution in [-0.4, -0.2) is 29.0 Å². The summed E-state index contributed by atoms with van der Waals surface area (Å²) < 4.78 is 34.5. The van der Waals surface area contributed by atoms with Crippen LogP contribution in [-0.2, 0) is 16.0 Å². The average molecular weight is 572 g/mol. The number of ether oxygens (including phenoxy) is 1. The molecule has 1 aliphatic carbocycles. The number of hydrogen-bond donors (Lipinski definition) is 2. The summed E-state index contributed by atoms with van der Waals surface area (Å²) in [6, 6.07) is 21.0. The van der Waals surface area contributed by atoms with Crippen molar-refractivity contribution in [3.8, 4) is 5.69 Å². The van der Waals surface area contributed by atoms with Crippen LogP contribution in [0.15, 0.2) is 89.7 Å². The van der Waals surface area contributed by atoms with Gasteiger partial charge in [0.2, 0.25) is 0 Å². The molecular formula is C33H31F2N3O4. The Labute approximate surface area is 241 Å². The number of halogens is 2. The Morgan fingerprint density at radius 2 is 1.62 bits per heavy atom. The van der Waals surface area contributed by atoms with Crippen LogP contribution in [0.3, 0.4) is 0 Å². The Hall–Kier alpha value is -4.63. The van der Waals surface area contributed by atoms with Gasteiger partial charge in [-0.2, -0.15) is 0 Å². The number of benzene rings is 3. The highest BCUT2D eigenvalue weighted by Gasteiger charge is 2.26. The number of rotatable bonds is 10. The maximum absolute atomic E-state index is 14.2. The van der Waals surface area contributed by atoms with Gasteiger partial charge in [0.05, 0.1) is 16.8 Å². The molecule has 3 N–H and O–H groups in total. The Morgan fingerprint density at radius 1 is 0.929 bits per heavy atom. The van der Waals surface area contributed by atoms with Crippen molar-refractivity contribution < 1.29 is 23.1 Å². The Morgan fingerprint density at radius 3 is 2.31 bits per heavy atom. The Balaban J connectivity index is 1.29. The lowest BCUT2D eigenvalue weighted by atomic mass is 10.0. The van der Waals surface area contributed by atoms with E-state index in [1.165, 1.54) is 16.7 Å². The molecule has 0 unspecified atom stereocenters. The molecule has 0 radical (unpaired) electrons. The second-order valence-electron chi connectivity index (χ2n) is 10.3. The number of carbonyl (C=O) groups is 2. The van der Waals surface area contributed by atoms with Gasteiger partial charge in [0, 0.05) is 18.7 Å². The first-order chi connectivity index (χ1) is 20.3. The van der Waals surface area contributed by atoms with Gasteiger partial charge in [-0.25, -0.2) is 13.6 Å². The fourth-order valence-corrected chi connectivity index (χ4v) is 5.22. The van der Waals surface area contributed by atoms with Crippen LogP contribution >= 0.6 is 0 Å². The largest absolute Gasteiger partial charge is 0.461 e. The van der Waals surface area contributed by atoms with E-state index in [1.54, 1.807) is 12.1 Å². The molecule has 1 heterocycles. The van der Waals surface area contributed by atoms with Gasteiger partial charge in [0.1, 0.15) is 29.6 Å². The van der Waals surface area contributed by atoms with Crippen LogP contribution in [0, 0.1) is 11.6 Å². The summed E-state index contributed by atoms with van der Waals surface area (Å²) in [6.45, 7) is 0.494. The maximum atomic E-state index is 14.2. The minimum Gasteiger partial charge on any atom is -0.461 e. The fraction of sp³-hybridized carbons (Fsp3) is 0.242. The van der Waals surface area contributed by atoms with Gasteiger partial charge in [-0.1, -0.05) is 42.5 Å². The smallest absolute Gasteiger partial charge is 0.328 e. The molecule has 1 saturated carbocycles. The van der Waals surface area contributed by atoms with Crippen molar-refractivity contribution >= 4 is 17.6 Å². The predicted molar refractivity (Wildman–Crippen MR) is 155 cm³/mol. The van der Waals surface area contributed by atoms with Crippen LogP contribution in [0.2, 0.25) is 0 Å². The minimum atomic E-state index is -1.02. The van der Waals surface area contributed by atoms with E-state index >= 15 is 0 Å². The van der Waals surface area contributed by atoms with E-state index < -0.39 is 29.0 Å². The summed E-state index contributed by atoms with van der Waals surface area (Å²) >= 11 is 0. The molecule has 0 saturated heterocycles. The van der Waals surface area contributed by atoms with Crippen molar-refractivity contribution in [2.24, 2.45) is 0 Å². The van der Waals surface area contributed by atoms with E-state index in [1.807, 2.05) is 42.5 Å². The minimum absolute atomic E-state index is 0.0302. The van der Waals surface area contributed by atoms with Crippen molar-refractivity contribution in [3.05, 3.63) is 129 Å². The number of pyridine rings is 1. The lowest BCUT2D eigenvalue weighted by molar-refractivity contribution is -0.151. The van der Waals surface area contributed by atoms with E-state index in [9.17, 15) is 23.2 Å². The number of nitrogens with zero attached hydrogens (tertiary/aromatic N) is 1. The van der Waals surface area contributed by atoms with Crippen molar-refractivity contribution in [3.63, 3.8) is 0 Å². The molecule has 42 heavy (non-hydrogen) atoms. The lowest BCUT2D eigenvalue weighted by Gasteiger charge is -2.21. The standard InChI is InChI=1S/C33H31F2N3O4/c34-23-12-15-26(28(35)20-23)31(40)27-16-17-29(39)38(32(27)36)24-13-10-21(11-14-24)18-19-37-30(22-6-2-1-3-7-22)33(41)42-25-8-4-5-9-25/h1-3,6-7,10-17,20,25,30,37H,4-5,8-9,18-19,36H2/t30-/m0/s1. The third-order valence-electron chi connectivity index (χ3n) is 7.46. The summed E-state index contributed by atoms with van der Waals surface area (Å²) in [7, 11) is 0. The number of nitrogens with one attached hydrogen (secondary N) is 1. The molecule has 0 spiro atoms. The first-order valence-electron chi connectivity index (χ1n) is 13.9. The van der Waals surface area contributed by atoms with E-state index in [0.717, 1.165) is 48.9 Å². The summed E-state index contributed by atoms with van der Waals surface area (Å²) in [5, 5.41) is 3.32. The monoisotopic (exact) mass is 571 g/mol. The van der Waals surface area contributed by atoms with Gasteiger partial charge in [0.15, 0.2) is 5.78 Å². The Kier molecular flexibility index (Phi) is 8.88. The van der Waals surface area contributed by atoms with Gasteiger partial charge in [-0.3, -0.25) is 14.2 Å². The number of carbonyl (C=O) groups excluding carboxylic acids is 2. The van der Waals surface area contributed by atoms with Crippen LogP contribution in [0.1, 0.15) is 58.8 Å². The molecule has 0 aliphatic heterocycles. The molecule has 1 aromatic heterocycles. The second-order valence-corrected chi connectivity index (χ2v) is 10.3. The topological polar surface area (TPSA) is 103 Å². The van der Waals surface area contributed by atoms with E-state index in [2.05, 4.69) is 5.32 Å². The molecular weight excluding hydrogens is 540 g/mol. The summed E-state index contributed by atoms with van der Waals surface area (Å²) in [5.41, 5.74) is 7.52. The van der Waals surface area contributed by atoms with Gasteiger partial charge < -0.3 is 15.8 Å². The van der Waals surface area contributed by atoms with Crippen molar-refractivity contribution in [2.45, 2.75) is 44.2 Å². The SMILES string of the molecule is Nc1c(C(=O)c2ccc(F)cc2F)ccc(=O)n1-c1ccc(CCN[C@H](C(=O)OC2CCCC2)c2ccccc2)cc1. The highest BCUT2D eigenvalue weighted by atomic mass is 19.1. The van der Waals surface area contributed by atoms with E-state index in [-0.39, 0.29) is 29.0 Å². The van der Waals surface area contributed by atoms with Gasteiger partial charge in [-0.05, 0) is 73.6 Å². The number of nitrogens with two attached hydrogens (primary N) is 1. The number of esters is 1. The first-order valence-corrected chi connectivity index (χ1v) is 13.9. The second kappa shape index (κ2) is 12.9. The van der Waals surface area contributed by atoms with E-state index in [4.69, 9.17) is 10.5 Å². The molecule has 1 aliphatic rings. The fourth-order valence-electron chi connectivity index (χ4n) is 5.22. The number of nitrogen functional groups attached to an aromatic ring is 1. The zero-order valence-corrected chi connectivity index (χ0v) is 22.9.